The van der Waals surface area contributed by atoms with Gasteiger partial charge in [-0.3, -0.25) is 0 Å². The Morgan fingerprint density at radius 2 is 1.20 bits per heavy atom. The Morgan fingerprint density at radius 3 is 1.50 bits per heavy atom. The number of hydrogen-bond acceptors (Lipinski definition) is 1. The molecule has 0 amide bonds. The molecule has 1 atom stereocenters. The van der Waals surface area contributed by atoms with E-state index in [-0.39, 0.29) is 12.4 Å². The normalized spacial score (nSPS) is 14.7. The molecule has 1 aromatic carbocycles. The molecule has 0 saturated heterocycles. The second-order valence-electron chi connectivity index (χ2n) is 3.72. The third-order valence-corrected chi connectivity index (χ3v) is 2.37. The predicted octanol–water partition coefficient (Wildman–Crippen LogP) is 4.32. The minimum atomic E-state index is -5.88. The smallest absolute Gasteiger partial charge is 0.319 e. The van der Waals surface area contributed by atoms with Gasteiger partial charge in [-0.05, 0) is 17.7 Å². The molecule has 0 aliphatic rings. The molecule has 0 radical (unpaired) electrons. The van der Waals surface area contributed by atoms with Gasteiger partial charge in [-0.25, -0.2) is 0 Å². The molecule has 1 aromatic rings. The summed E-state index contributed by atoms with van der Waals surface area (Å²) in [6, 6.07) is -1.00. The second kappa shape index (κ2) is 5.72. The van der Waals surface area contributed by atoms with Crippen LogP contribution in [0.4, 0.5) is 35.1 Å². The van der Waals surface area contributed by atoms with Gasteiger partial charge in [-0.2, -0.15) is 35.1 Å². The number of halogens is 9. The van der Waals surface area contributed by atoms with E-state index in [9.17, 15) is 35.1 Å². The molecule has 0 fully saturated rings. The second-order valence-corrected chi connectivity index (χ2v) is 3.72. The van der Waals surface area contributed by atoms with Crippen LogP contribution in [0.1, 0.15) is 17.2 Å². The average Bonchev–Trinajstić information content (AvgIpc) is 2.25. The monoisotopic (exact) mass is 329 g/mol. The highest BCUT2D eigenvalue weighted by atomic mass is 35.5. The van der Waals surface area contributed by atoms with Crippen molar-refractivity contribution < 1.29 is 35.1 Å². The van der Waals surface area contributed by atoms with Gasteiger partial charge >= 0.3 is 18.3 Å². The molecule has 1 nitrogen and oxygen atoms in total. The summed E-state index contributed by atoms with van der Waals surface area (Å²) in [7, 11) is 0. The first-order valence-electron chi connectivity index (χ1n) is 4.74. The van der Waals surface area contributed by atoms with E-state index < -0.39 is 35.4 Å². The maximum Gasteiger partial charge on any atom is 0.455 e. The van der Waals surface area contributed by atoms with Crippen LogP contribution in [0.15, 0.2) is 24.3 Å². The first kappa shape index (κ1) is 18.9. The van der Waals surface area contributed by atoms with E-state index >= 15 is 0 Å². The van der Waals surface area contributed by atoms with E-state index in [4.69, 9.17) is 5.73 Å². The van der Waals surface area contributed by atoms with E-state index in [1.165, 1.54) is 0 Å². The predicted molar refractivity (Wildman–Crippen MR) is 56.6 cm³/mol. The van der Waals surface area contributed by atoms with Crippen molar-refractivity contribution in [3.8, 4) is 0 Å². The molecule has 0 aliphatic heterocycles. The van der Waals surface area contributed by atoms with Crippen molar-refractivity contribution in [1.29, 1.82) is 0 Å². The first-order chi connectivity index (χ1) is 8.37. The van der Waals surface area contributed by atoms with Crippen LogP contribution in [-0.2, 0) is 6.18 Å². The van der Waals surface area contributed by atoms with Crippen LogP contribution in [0.5, 0.6) is 0 Å². The lowest BCUT2D eigenvalue weighted by atomic mass is 9.99. The number of benzene rings is 1. The lowest BCUT2D eigenvalue weighted by Crippen LogP contribution is -2.45. The molecule has 0 unspecified atom stereocenters. The van der Waals surface area contributed by atoms with E-state index in [0.29, 0.717) is 24.3 Å². The van der Waals surface area contributed by atoms with Gasteiger partial charge in [0.2, 0.25) is 0 Å². The Bertz CT molecular complexity index is 436. The Hall–Kier alpha value is -1.09. The quantitative estimate of drug-likeness (QED) is 0.803. The summed E-state index contributed by atoms with van der Waals surface area (Å²) in [5, 5.41) is 0. The summed E-state index contributed by atoms with van der Waals surface area (Å²) in [6.07, 6.45) is -10.6. The van der Waals surface area contributed by atoms with Crippen LogP contribution in [0.3, 0.4) is 0 Å². The number of hydrogen-bond donors (Lipinski definition) is 1. The number of nitrogens with two attached hydrogens (primary N) is 1. The molecule has 20 heavy (non-hydrogen) atoms. The van der Waals surface area contributed by atoms with Gasteiger partial charge in [0, 0.05) is 0 Å². The van der Waals surface area contributed by atoms with Gasteiger partial charge in [-0.15, -0.1) is 12.4 Å². The zero-order chi connectivity index (χ0) is 15.1. The minimum absolute atomic E-state index is 0. The van der Waals surface area contributed by atoms with Crippen molar-refractivity contribution in [2.75, 3.05) is 0 Å². The Labute approximate surface area is 114 Å². The van der Waals surface area contributed by atoms with Gasteiger partial charge in [0.25, 0.3) is 0 Å². The van der Waals surface area contributed by atoms with Crippen molar-refractivity contribution in [1.82, 2.24) is 0 Å². The molecule has 116 valence electrons. The average molecular weight is 330 g/mol. The van der Waals surface area contributed by atoms with E-state index in [1.54, 1.807) is 0 Å². The van der Waals surface area contributed by atoms with Gasteiger partial charge in [-0.1, -0.05) is 12.1 Å². The summed E-state index contributed by atoms with van der Waals surface area (Å²) in [4.78, 5) is 0. The minimum Gasteiger partial charge on any atom is -0.319 e. The standard InChI is InChI=1S/C10H7F8N.ClH/c11-8(12,10(16,17)18)7(19)5-1-3-6(4-2-5)9(13,14)15;/h1-4,7H,19H2;1H/t7-;/m0./s1. The van der Waals surface area contributed by atoms with Gasteiger partial charge in [0.05, 0.1) is 5.56 Å². The van der Waals surface area contributed by atoms with Gasteiger partial charge in [0.1, 0.15) is 6.04 Å². The highest BCUT2D eigenvalue weighted by molar-refractivity contribution is 5.85. The first-order valence-corrected chi connectivity index (χ1v) is 4.74. The van der Waals surface area contributed by atoms with Crippen molar-refractivity contribution in [2.24, 2.45) is 5.73 Å². The van der Waals surface area contributed by atoms with Crippen LogP contribution in [0, 0.1) is 0 Å². The van der Waals surface area contributed by atoms with Crippen LogP contribution in [0.25, 0.3) is 0 Å². The van der Waals surface area contributed by atoms with E-state index in [1.807, 2.05) is 0 Å². The van der Waals surface area contributed by atoms with E-state index in [2.05, 4.69) is 0 Å². The number of alkyl halides is 8. The maximum absolute atomic E-state index is 12.9. The molecule has 1 rings (SSSR count). The summed E-state index contributed by atoms with van der Waals surface area (Å²) < 4.78 is 98.4. The summed E-state index contributed by atoms with van der Waals surface area (Å²) in [6.45, 7) is 0. The topological polar surface area (TPSA) is 26.0 Å². The Balaban J connectivity index is 0.00000361. The zero-order valence-electron chi connectivity index (χ0n) is 9.40. The van der Waals surface area contributed by atoms with Crippen LogP contribution < -0.4 is 5.73 Å². The molecular formula is C10H8ClF8N. The lowest BCUT2D eigenvalue weighted by Gasteiger charge is -2.26. The highest BCUT2D eigenvalue weighted by Gasteiger charge is 2.61. The van der Waals surface area contributed by atoms with Crippen molar-refractivity contribution in [3.05, 3.63) is 35.4 Å². The molecule has 0 bridgehead atoms. The van der Waals surface area contributed by atoms with Crippen LogP contribution >= 0.6 is 12.4 Å². The molecule has 0 saturated carbocycles. The van der Waals surface area contributed by atoms with E-state index in [0.717, 1.165) is 0 Å². The molecular weight excluding hydrogens is 322 g/mol. The van der Waals surface area contributed by atoms with Crippen LogP contribution in [-0.4, -0.2) is 12.1 Å². The summed E-state index contributed by atoms with van der Waals surface area (Å²) >= 11 is 0. The van der Waals surface area contributed by atoms with Gasteiger partial charge in [0.15, 0.2) is 0 Å². The van der Waals surface area contributed by atoms with Crippen molar-refractivity contribution >= 4 is 12.4 Å². The molecule has 0 heterocycles. The fraction of sp³-hybridized carbons (Fsp3) is 0.400. The molecule has 2 N–H and O–H groups in total. The van der Waals surface area contributed by atoms with Crippen molar-refractivity contribution in [3.63, 3.8) is 0 Å². The largest absolute Gasteiger partial charge is 0.455 e. The highest BCUT2D eigenvalue weighted by Crippen LogP contribution is 2.43. The SMILES string of the molecule is Cl.N[C@@H](c1ccc(C(F)(F)F)cc1)C(F)(F)C(F)(F)F. The molecule has 0 aromatic heterocycles. The fourth-order valence-corrected chi connectivity index (χ4v) is 1.27. The summed E-state index contributed by atoms with van der Waals surface area (Å²) in [5.74, 6) is -5.23. The lowest BCUT2D eigenvalue weighted by molar-refractivity contribution is -0.291. The Morgan fingerprint density at radius 1 is 0.800 bits per heavy atom. The molecule has 10 heteroatoms. The molecule has 0 spiro atoms. The van der Waals surface area contributed by atoms with Crippen LogP contribution in [0.2, 0.25) is 0 Å². The van der Waals surface area contributed by atoms with Gasteiger partial charge < -0.3 is 5.73 Å². The Kier molecular flexibility index (Phi) is 5.41. The molecule has 0 aliphatic carbocycles. The summed E-state index contributed by atoms with van der Waals surface area (Å²) in [5.41, 5.74) is 2.86. The zero-order valence-corrected chi connectivity index (χ0v) is 10.2. The third-order valence-electron chi connectivity index (χ3n) is 2.37. The van der Waals surface area contributed by atoms with Crippen molar-refractivity contribution in [2.45, 2.75) is 24.3 Å². The third kappa shape index (κ3) is 3.72. The number of rotatable bonds is 2. The fourth-order valence-electron chi connectivity index (χ4n) is 1.27. The maximum atomic E-state index is 12.9.